The normalized spacial score (nSPS) is 11.2. The van der Waals surface area contributed by atoms with Crippen molar-refractivity contribution in [1.29, 1.82) is 0 Å². The summed E-state index contributed by atoms with van der Waals surface area (Å²) in [5.74, 6) is 0. The number of rotatable bonds is 4. The Kier molecular flexibility index (Phi) is 3.99. The predicted molar refractivity (Wildman–Crippen MR) is 82.7 cm³/mol. The van der Waals surface area contributed by atoms with Gasteiger partial charge in [0.2, 0.25) is 0 Å². The molecule has 0 aliphatic carbocycles. The number of benzene rings is 2. The van der Waals surface area contributed by atoms with Crippen LogP contribution in [0.3, 0.4) is 0 Å². The van der Waals surface area contributed by atoms with Crippen molar-refractivity contribution in [2.24, 2.45) is 0 Å². The summed E-state index contributed by atoms with van der Waals surface area (Å²) in [5, 5.41) is 2.89. The van der Waals surface area contributed by atoms with Crippen LogP contribution in [0, 0.1) is 13.8 Å². The van der Waals surface area contributed by atoms with E-state index in [1.165, 1.54) is 0 Å². The Bertz CT molecular complexity index is 724. The number of para-hydroxylation sites is 1. The van der Waals surface area contributed by atoms with Gasteiger partial charge in [-0.15, -0.1) is 0 Å². The quantitative estimate of drug-likeness (QED) is 0.909. The second-order valence-corrected chi connectivity index (χ2v) is 6.32. The topological polar surface area (TPSA) is 58.2 Å². The Morgan fingerprint density at radius 1 is 0.950 bits per heavy atom. The van der Waals surface area contributed by atoms with Gasteiger partial charge in [-0.05, 0) is 37.6 Å². The zero-order valence-electron chi connectivity index (χ0n) is 11.8. The van der Waals surface area contributed by atoms with E-state index in [1.54, 1.807) is 37.4 Å². The van der Waals surface area contributed by atoms with Gasteiger partial charge < -0.3 is 5.32 Å². The molecule has 0 radical (unpaired) electrons. The monoisotopic (exact) mass is 290 g/mol. The first-order chi connectivity index (χ1) is 9.44. The highest BCUT2D eigenvalue weighted by Crippen LogP contribution is 2.25. The van der Waals surface area contributed by atoms with Crippen LogP contribution >= 0.6 is 0 Å². The minimum absolute atomic E-state index is 0.238. The molecule has 0 amide bonds. The second-order valence-electron chi connectivity index (χ2n) is 4.67. The molecule has 0 saturated carbocycles. The molecule has 2 aromatic rings. The van der Waals surface area contributed by atoms with E-state index in [9.17, 15) is 8.42 Å². The first-order valence-electron chi connectivity index (χ1n) is 6.31. The van der Waals surface area contributed by atoms with E-state index in [4.69, 9.17) is 0 Å². The van der Waals surface area contributed by atoms with E-state index < -0.39 is 10.0 Å². The Balaban J connectivity index is 2.41. The van der Waals surface area contributed by atoms with Crippen LogP contribution in [0.4, 0.5) is 11.4 Å². The van der Waals surface area contributed by atoms with Crippen molar-refractivity contribution in [2.45, 2.75) is 18.7 Å². The molecule has 106 valence electrons. The third-order valence-electron chi connectivity index (χ3n) is 3.07. The SMILES string of the molecule is CNc1ccccc1S(=O)(=O)Nc1ccc(C)cc1C. The van der Waals surface area contributed by atoms with Crippen LogP contribution in [0.1, 0.15) is 11.1 Å². The van der Waals surface area contributed by atoms with Crippen LogP contribution in [0.2, 0.25) is 0 Å². The fourth-order valence-electron chi connectivity index (χ4n) is 2.04. The lowest BCUT2D eigenvalue weighted by molar-refractivity contribution is 0.601. The molecule has 0 atom stereocenters. The van der Waals surface area contributed by atoms with Crippen molar-refractivity contribution in [1.82, 2.24) is 0 Å². The molecular formula is C15H18N2O2S. The number of hydrogen-bond acceptors (Lipinski definition) is 3. The Hall–Kier alpha value is -2.01. The summed E-state index contributed by atoms with van der Waals surface area (Å²) in [6.07, 6.45) is 0. The van der Waals surface area contributed by atoms with Crippen LogP contribution in [0.15, 0.2) is 47.4 Å². The maximum atomic E-state index is 12.5. The molecule has 2 N–H and O–H groups in total. The number of aryl methyl sites for hydroxylation is 2. The van der Waals surface area contributed by atoms with E-state index in [1.807, 2.05) is 26.0 Å². The molecule has 20 heavy (non-hydrogen) atoms. The van der Waals surface area contributed by atoms with Crippen molar-refractivity contribution >= 4 is 21.4 Å². The standard InChI is InChI=1S/C15H18N2O2S/c1-11-8-9-13(12(2)10-11)17-20(18,19)15-7-5-4-6-14(15)16-3/h4-10,16-17H,1-3H3. The van der Waals surface area contributed by atoms with E-state index in [0.717, 1.165) is 11.1 Å². The van der Waals surface area contributed by atoms with Gasteiger partial charge in [0.15, 0.2) is 0 Å². The molecule has 5 heteroatoms. The molecule has 0 heterocycles. The van der Waals surface area contributed by atoms with Gasteiger partial charge in [-0.1, -0.05) is 29.8 Å². The van der Waals surface area contributed by atoms with Crippen LogP contribution in [0.25, 0.3) is 0 Å². The lowest BCUT2D eigenvalue weighted by Crippen LogP contribution is -2.15. The molecule has 0 fully saturated rings. The Morgan fingerprint density at radius 3 is 2.30 bits per heavy atom. The van der Waals surface area contributed by atoms with Crippen molar-refractivity contribution < 1.29 is 8.42 Å². The molecule has 0 bridgehead atoms. The van der Waals surface area contributed by atoms with Crippen LogP contribution in [-0.2, 0) is 10.0 Å². The van der Waals surface area contributed by atoms with Crippen LogP contribution in [-0.4, -0.2) is 15.5 Å². The summed E-state index contributed by atoms with van der Waals surface area (Å²) in [5.41, 5.74) is 3.17. The van der Waals surface area contributed by atoms with E-state index >= 15 is 0 Å². The molecule has 0 aliphatic heterocycles. The smallest absolute Gasteiger partial charge is 0.263 e. The molecular weight excluding hydrogens is 272 g/mol. The third kappa shape index (κ3) is 2.93. The average molecular weight is 290 g/mol. The summed E-state index contributed by atoms with van der Waals surface area (Å²) >= 11 is 0. The minimum atomic E-state index is -3.60. The summed E-state index contributed by atoms with van der Waals surface area (Å²) in [4.78, 5) is 0.238. The zero-order valence-corrected chi connectivity index (χ0v) is 12.6. The maximum absolute atomic E-state index is 12.5. The van der Waals surface area contributed by atoms with Gasteiger partial charge in [-0.3, -0.25) is 4.72 Å². The van der Waals surface area contributed by atoms with Gasteiger partial charge in [0.1, 0.15) is 4.90 Å². The van der Waals surface area contributed by atoms with E-state index in [-0.39, 0.29) is 4.90 Å². The highest BCUT2D eigenvalue weighted by molar-refractivity contribution is 7.92. The highest BCUT2D eigenvalue weighted by atomic mass is 32.2. The average Bonchev–Trinajstić information content (AvgIpc) is 2.42. The van der Waals surface area contributed by atoms with E-state index in [0.29, 0.717) is 11.4 Å². The Morgan fingerprint density at radius 2 is 1.65 bits per heavy atom. The van der Waals surface area contributed by atoms with Crippen LogP contribution < -0.4 is 10.0 Å². The third-order valence-corrected chi connectivity index (χ3v) is 4.50. The fourth-order valence-corrected chi connectivity index (χ4v) is 3.38. The van der Waals surface area contributed by atoms with Gasteiger partial charge >= 0.3 is 0 Å². The van der Waals surface area contributed by atoms with Gasteiger partial charge in [-0.2, -0.15) is 0 Å². The molecule has 0 saturated heterocycles. The molecule has 4 nitrogen and oxygen atoms in total. The predicted octanol–water partition coefficient (Wildman–Crippen LogP) is 3.15. The van der Waals surface area contributed by atoms with Crippen molar-refractivity contribution in [3.05, 3.63) is 53.6 Å². The van der Waals surface area contributed by atoms with E-state index in [2.05, 4.69) is 10.0 Å². The summed E-state index contributed by atoms with van der Waals surface area (Å²) in [6, 6.07) is 12.4. The first-order valence-corrected chi connectivity index (χ1v) is 7.79. The number of nitrogens with one attached hydrogen (secondary N) is 2. The number of hydrogen-bond donors (Lipinski definition) is 2. The largest absolute Gasteiger partial charge is 0.387 e. The lowest BCUT2D eigenvalue weighted by atomic mass is 10.1. The van der Waals surface area contributed by atoms with Gasteiger partial charge in [0, 0.05) is 7.05 Å². The molecule has 2 rings (SSSR count). The van der Waals surface area contributed by atoms with Gasteiger partial charge in [0.05, 0.1) is 11.4 Å². The lowest BCUT2D eigenvalue weighted by Gasteiger charge is -2.13. The van der Waals surface area contributed by atoms with Crippen molar-refractivity contribution in [3.63, 3.8) is 0 Å². The number of anilines is 2. The molecule has 2 aromatic carbocycles. The minimum Gasteiger partial charge on any atom is -0.387 e. The molecule has 0 spiro atoms. The van der Waals surface area contributed by atoms with Crippen molar-refractivity contribution in [3.8, 4) is 0 Å². The molecule has 0 aromatic heterocycles. The highest BCUT2D eigenvalue weighted by Gasteiger charge is 2.18. The zero-order chi connectivity index (χ0) is 14.8. The number of sulfonamides is 1. The van der Waals surface area contributed by atoms with Gasteiger partial charge in [0.25, 0.3) is 10.0 Å². The Labute approximate surface area is 119 Å². The summed E-state index contributed by atoms with van der Waals surface area (Å²) < 4.78 is 27.6. The summed E-state index contributed by atoms with van der Waals surface area (Å²) in [7, 11) is -1.90. The van der Waals surface area contributed by atoms with Crippen LogP contribution in [0.5, 0.6) is 0 Å². The molecule has 0 unspecified atom stereocenters. The van der Waals surface area contributed by atoms with Gasteiger partial charge in [-0.25, -0.2) is 8.42 Å². The first kappa shape index (κ1) is 14.4. The maximum Gasteiger partial charge on any atom is 0.263 e. The fraction of sp³-hybridized carbons (Fsp3) is 0.200. The summed E-state index contributed by atoms with van der Waals surface area (Å²) in [6.45, 7) is 3.86. The molecule has 0 aliphatic rings. The second kappa shape index (κ2) is 5.54. The van der Waals surface area contributed by atoms with Crippen molar-refractivity contribution in [2.75, 3.05) is 17.1 Å².